The van der Waals surface area contributed by atoms with E-state index in [1.54, 1.807) is 11.3 Å². The number of carbonyl (C=O) groups excluding carboxylic acids is 2. The third-order valence-corrected chi connectivity index (χ3v) is 6.36. The van der Waals surface area contributed by atoms with Gasteiger partial charge in [0.05, 0.1) is 12.2 Å². The highest BCUT2D eigenvalue weighted by Gasteiger charge is 2.44. The van der Waals surface area contributed by atoms with Crippen molar-refractivity contribution in [2.75, 3.05) is 31.6 Å². The van der Waals surface area contributed by atoms with Crippen LogP contribution in [0.25, 0.3) is 0 Å². The monoisotopic (exact) mass is 365 g/mol. The number of anilines is 1. The normalized spacial score (nSPS) is 25.3. The maximum Gasteiger partial charge on any atom is 0.509 e. The summed E-state index contributed by atoms with van der Waals surface area (Å²) in [5, 5.41) is 3.66. The molecule has 2 aliphatic heterocycles. The van der Waals surface area contributed by atoms with Crippen molar-refractivity contribution < 1.29 is 19.1 Å². The maximum absolute atomic E-state index is 12.3. The Hall–Kier alpha value is -1.67. The number of thiazole rings is 1. The van der Waals surface area contributed by atoms with E-state index < -0.39 is 11.8 Å². The molecule has 1 spiro atoms. The average molecular weight is 365 g/mol. The standard InChI is InChI=1S/C17H23N3O4S/c1-11-2-3-12-13(8-11)25-15(18-12)19-14(21)9-20-6-4-17(5-7-20)10-23-16(22)24-17/h11H,2-10H2,1H3,(H,18,19,21)/t11-/m0/s1. The number of rotatable bonds is 3. The summed E-state index contributed by atoms with van der Waals surface area (Å²) in [5.41, 5.74) is 0.677. The Morgan fingerprint density at radius 1 is 1.44 bits per heavy atom. The number of carbonyl (C=O) groups is 2. The molecule has 2 saturated heterocycles. The summed E-state index contributed by atoms with van der Waals surface area (Å²) < 4.78 is 10.2. The summed E-state index contributed by atoms with van der Waals surface area (Å²) in [7, 11) is 0. The Kier molecular flexibility index (Phi) is 4.41. The van der Waals surface area contributed by atoms with Crippen LogP contribution < -0.4 is 5.32 Å². The first-order chi connectivity index (χ1) is 12.0. The van der Waals surface area contributed by atoms with Crippen LogP contribution in [0.4, 0.5) is 9.93 Å². The van der Waals surface area contributed by atoms with Crippen molar-refractivity contribution in [1.29, 1.82) is 0 Å². The fraction of sp³-hybridized carbons (Fsp3) is 0.706. The second kappa shape index (κ2) is 6.57. The topological polar surface area (TPSA) is 80.8 Å². The number of aromatic nitrogens is 1. The molecule has 0 bridgehead atoms. The van der Waals surface area contributed by atoms with Crippen molar-refractivity contribution in [1.82, 2.24) is 9.88 Å². The third-order valence-electron chi connectivity index (χ3n) is 5.32. The predicted molar refractivity (Wildman–Crippen MR) is 92.8 cm³/mol. The number of aryl methyl sites for hydroxylation is 1. The molecule has 7 nitrogen and oxygen atoms in total. The molecule has 1 N–H and O–H groups in total. The number of amides is 1. The average Bonchev–Trinajstić information content (AvgIpc) is 3.12. The van der Waals surface area contributed by atoms with E-state index in [4.69, 9.17) is 9.47 Å². The lowest BCUT2D eigenvalue weighted by atomic mass is 9.92. The minimum atomic E-state index is -0.576. The minimum Gasteiger partial charge on any atom is -0.430 e. The Balaban J connectivity index is 1.28. The van der Waals surface area contributed by atoms with Crippen molar-refractivity contribution in [2.45, 2.75) is 44.6 Å². The molecule has 1 aromatic rings. The molecule has 1 aliphatic carbocycles. The Bertz CT molecular complexity index is 681. The molecule has 0 unspecified atom stereocenters. The molecule has 4 rings (SSSR count). The molecule has 1 atom stereocenters. The fourth-order valence-corrected chi connectivity index (χ4v) is 4.93. The zero-order valence-corrected chi connectivity index (χ0v) is 15.2. The van der Waals surface area contributed by atoms with Gasteiger partial charge in [-0.1, -0.05) is 6.92 Å². The van der Waals surface area contributed by atoms with E-state index in [2.05, 4.69) is 22.1 Å². The van der Waals surface area contributed by atoms with Gasteiger partial charge in [-0.25, -0.2) is 9.78 Å². The smallest absolute Gasteiger partial charge is 0.430 e. The van der Waals surface area contributed by atoms with E-state index in [0.717, 1.165) is 36.8 Å². The summed E-state index contributed by atoms with van der Waals surface area (Å²) >= 11 is 1.61. The molecule has 3 heterocycles. The number of hydrogen-bond donors (Lipinski definition) is 1. The van der Waals surface area contributed by atoms with E-state index in [9.17, 15) is 9.59 Å². The molecular weight excluding hydrogens is 342 g/mol. The number of nitrogens with one attached hydrogen (secondary N) is 1. The van der Waals surface area contributed by atoms with Crippen LogP contribution in [0.15, 0.2) is 0 Å². The van der Waals surface area contributed by atoms with Crippen LogP contribution in [-0.4, -0.2) is 53.8 Å². The van der Waals surface area contributed by atoms with Gasteiger partial charge in [0, 0.05) is 30.8 Å². The molecule has 136 valence electrons. The number of fused-ring (bicyclic) bond motifs is 1. The van der Waals surface area contributed by atoms with Crippen molar-refractivity contribution in [2.24, 2.45) is 5.92 Å². The molecular formula is C17H23N3O4S. The Labute approximate surface area is 150 Å². The van der Waals surface area contributed by atoms with Crippen LogP contribution in [0, 0.1) is 5.92 Å². The highest BCUT2D eigenvalue weighted by molar-refractivity contribution is 7.15. The molecule has 3 aliphatic rings. The fourth-order valence-electron chi connectivity index (χ4n) is 3.75. The van der Waals surface area contributed by atoms with Crippen LogP contribution in [-0.2, 0) is 27.1 Å². The molecule has 0 aromatic carbocycles. The highest BCUT2D eigenvalue weighted by atomic mass is 32.1. The van der Waals surface area contributed by atoms with Crippen molar-refractivity contribution in [3.63, 3.8) is 0 Å². The number of ether oxygens (including phenoxy) is 2. The SMILES string of the molecule is C[C@H]1CCc2nc(NC(=O)CN3CCC4(CC3)COC(=O)O4)sc2C1. The van der Waals surface area contributed by atoms with Crippen LogP contribution in [0.3, 0.4) is 0 Å². The van der Waals surface area contributed by atoms with Gasteiger partial charge < -0.3 is 14.8 Å². The third kappa shape index (κ3) is 3.64. The molecule has 0 radical (unpaired) electrons. The van der Waals surface area contributed by atoms with Gasteiger partial charge in [-0.05, 0) is 25.2 Å². The van der Waals surface area contributed by atoms with E-state index in [1.165, 1.54) is 11.3 Å². The Morgan fingerprint density at radius 3 is 2.96 bits per heavy atom. The lowest BCUT2D eigenvalue weighted by molar-refractivity contribution is -0.118. The number of hydrogen-bond acceptors (Lipinski definition) is 7. The second-order valence-corrected chi connectivity index (χ2v) is 8.47. The molecule has 1 aromatic heterocycles. The van der Waals surface area contributed by atoms with Gasteiger partial charge in [0.15, 0.2) is 10.7 Å². The van der Waals surface area contributed by atoms with Gasteiger partial charge in [-0.3, -0.25) is 9.69 Å². The highest BCUT2D eigenvalue weighted by Crippen LogP contribution is 2.33. The van der Waals surface area contributed by atoms with Gasteiger partial charge >= 0.3 is 6.16 Å². The molecule has 2 fully saturated rings. The van der Waals surface area contributed by atoms with Crippen LogP contribution >= 0.6 is 11.3 Å². The summed E-state index contributed by atoms with van der Waals surface area (Å²) in [6.45, 7) is 4.36. The summed E-state index contributed by atoms with van der Waals surface area (Å²) in [5.74, 6) is 0.667. The van der Waals surface area contributed by atoms with Gasteiger partial charge in [0.2, 0.25) is 5.91 Å². The number of cyclic esters (lactones) is 1. The maximum atomic E-state index is 12.3. The molecule has 0 saturated carbocycles. The van der Waals surface area contributed by atoms with E-state index in [0.29, 0.717) is 31.9 Å². The van der Waals surface area contributed by atoms with E-state index in [-0.39, 0.29) is 5.91 Å². The first kappa shape index (κ1) is 16.8. The van der Waals surface area contributed by atoms with Gasteiger partial charge in [0.25, 0.3) is 0 Å². The first-order valence-corrected chi connectivity index (χ1v) is 9.70. The largest absolute Gasteiger partial charge is 0.509 e. The molecule has 8 heteroatoms. The zero-order valence-electron chi connectivity index (χ0n) is 14.4. The molecule has 1 amide bonds. The summed E-state index contributed by atoms with van der Waals surface area (Å²) in [4.78, 5) is 31.5. The van der Waals surface area contributed by atoms with Crippen LogP contribution in [0.1, 0.15) is 36.8 Å². The number of likely N-dealkylation sites (tertiary alicyclic amines) is 1. The summed E-state index contributed by atoms with van der Waals surface area (Å²) in [6.07, 6.45) is 4.09. The summed E-state index contributed by atoms with van der Waals surface area (Å²) in [6, 6.07) is 0. The van der Waals surface area contributed by atoms with Crippen molar-refractivity contribution in [3.05, 3.63) is 10.6 Å². The quantitative estimate of drug-likeness (QED) is 0.827. The first-order valence-electron chi connectivity index (χ1n) is 8.88. The lowest BCUT2D eigenvalue weighted by Crippen LogP contribution is -2.48. The Morgan fingerprint density at radius 2 is 2.24 bits per heavy atom. The van der Waals surface area contributed by atoms with Gasteiger partial charge in [-0.15, -0.1) is 11.3 Å². The zero-order chi connectivity index (χ0) is 17.4. The van der Waals surface area contributed by atoms with Crippen LogP contribution in [0.5, 0.6) is 0 Å². The molecule has 25 heavy (non-hydrogen) atoms. The predicted octanol–water partition coefficient (Wildman–Crippen LogP) is 2.21. The van der Waals surface area contributed by atoms with Crippen LogP contribution in [0.2, 0.25) is 0 Å². The number of nitrogens with zero attached hydrogens (tertiary/aromatic N) is 2. The van der Waals surface area contributed by atoms with Crippen molar-refractivity contribution >= 4 is 28.5 Å². The second-order valence-electron chi connectivity index (χ2n) is 7.38. The van der Waals surface area contributed by atoms with Crippen molar-refractivity contribution in [3.8, 4) is 0 Å². The van der Waals surface area contributed by atoms with Gasteiger partial charge in [-0.2, -0.15) is 0 Å². The van der Waals surface area contributed by atoms with Gasteiger partial charge in [0.1, 0.15) is 6.61 Å². The van der Waals surface area contributed by atoms with E-state index in [1.807, 2.05) is 0 Å². The minimum absolute atomic E-state index is 0.0326. The van der Waals surface area contributed by atoms with E-state index >= 15 is 0 Å². The lowest BCUT2D eigenvalue weighted by Gasteiger charge is -2.35. The number of piperidine rings is 1.